The Morgan fingerprint density at radius 1 is 1.56 bits per heavy atom. The molecule has 0 heterocycles. The van der Waals surface area contributed by atoms with Gasteiger partial charge in [-0.15, -0.1) is 0 Å². The van der Waals surface area contributed by atoms with Crippen LogP contribution in [0.2, 0.25) is 0 Å². The van der Waals surface area contributed by atoms with E-state index in [0.29, 0.717) is 11.3 Å². The molecule has 9 heavy (non-hydrogen) atoms. The molecule has 0 radical (unpaired) electrons. The van der Waals surface area contributed by atoms with Crippen LogP contribution in [0.1, 0.15) is 15.2 Å². The summed E-state index contributed by atoms with van der Waals surface area (Å²) < 4.78 is 21.4. The zero-order valence-corrected chi connectivity index (χ0v) is 5.31. The average Bonchev–Trinajstić information content (AvgIpc) is 1.92. The van der Waals surface area contributed by atoms with Crippen molar-refractivity contribution < 1.29 is 4.11 Å². The van der Waals surface area contributed by atoms with Gasteiger partial charge in [-0.25, -0.2) is 0 Å². The van der Waals surface area contributed by atoms with E-state index in [0.717, 1.165) is 5.56 Å². The molecule has 1 heteroatoms. The van der Waals surface area contributed by atoms with E-state index in [2.05, 4.69) is 0 Å². The van der Waals surface area contributed by atoms with E-state index in [1.54, 1.807) is 12.1 Å². The van der Waals surface area contributed by atoms with Crippen molar-refractivity contribution in [2.75, 3.05) is 5.73 Å². The lowest BCUT2D eigenvalue weighted by Gasteiger charge is -1.98. The van der Waals surface area contributed by atoms with Gasteiger partial charge in [0.15, 0.2) is 0 Å². The fraction of sp³-hybridized carbons (Fsp3) is 0.250. The van der Waals surface area contributed by atoms with Crippen LogP contribution >= 0.6 is 0 Å². The smallest absolute Gasteiger partial charge is 0.0346 e. The molecule has 1 aromatic carbocycles. The number of hydrogen-bond acceptors (Lipinski definition) is 1. The highest BCUT2D eigenvalue weighted by molar-refractivity contribution is 5.47. The SMILES string of the molecule is [2H]C([2H])([2H])c1ccc(C)c(N)c1. The summed E-state index contributed by atoms with van der Waals surface area (Å²) in [5.41, 5.74) is 7.30. The van der Waals surface area contributed by atoms with E-state index in [-0.39, 0.29) is 0 Å². The zero-order chi connectivity index (χ0) is 9.35. The second-order valence-electron chi connectivity index (χ2n) is 2.07. The topological polar surface area (TPSA) is 26.0 Å². The van der Waals surface area contributed by atoms with Gasteiger partial charge in [-0.05, 0) is 31.0 Å². The third-order valence-corrected chi connectivity index (χ3v) is 1.28. The summed E-state index contributed by atoms with van der Waals surface area (Å²) in [4.78, 5) is 0. The van der Waals surface area contributed by atoms with Crippen molar-refractivity contribution >= 4 is 5.69 Å². The maximum absolute atomic E-state index is 7.12. The molecule has 0 fully saturated rings. The van der Waals surface area contributed by atoms with Gasteiger partial charge >= 0.3 is 0 Å². The van der Waals surface area contributed by atoms with Crippen LogP contribution < -0.4 is 5.73 Å². The van der Waals surface area contributed by atoms with Crippen molar-refractivity contribution in [2.45, 2.75) is 13.8 Å². The standard InChI is InChI=1S/C8H11N/c1-6-3-4-7(2)8(9)5-6/h3-5H,9H2,1-2H3/i1D3. The van der Waals surface area contributed by atoms with Crippen molar-refractivity contribution in [3.63, 3.8) is 0 Å². The van der Waals surface area contributed by atoms with Gasteiger partial charge in [0.25, 0.3) is 0 Å². The Kier molecular flexibility index (Phi) is 0.758. The normalized spacial score (nSPS) is 15.9. The molecule has 48 valence electrons. The number of anilines is 1. The Morgan fingerprint density at radius 2 is 2.33 bits per heavy atom. The van der Waals surface area contributed by atoms with Gasteiger partial charge in [-0.2, -0.15) is 0 Å². The second-order valence-corrected chi connectivity index (χ2v) is 2.07. The maximum Gasteiger partial charge on any atom is 0.0346 e. The summed E-state index contributed by atoms with van der Waals surface area (Å²) in [5.74, 6) is 0. The summed E-state index contributed by atoms with van der Waals surface area (Å²) in [6.45, 7) is -0.208. The monoisotopic (exact) mass is 124 g/mol. The molecule has 0 saturated carbocycles. The molecule has 2 N–H and O–H groups in total. The number of nitrogen functional groups attached to an aromatic ring is 1. The summed E-state index contributed by atoms with van der Waals surface area (Å²) >= 11 is 0. The van der Waals surface area contributed by atoms with Crippen LogP contribution in [0.25, 0.3) is 0 Å². The van der Waals surface area contributed by atoms with Gasteiger partial charge < -0.3 is 5.73 Å². The minimum atomic E-state index is -2.05. The third-order valence-electron chi connectivity index (χ3n) is 1.28. The molecule has 1 nitrogen and oxygen atoms in total. The van der Waals surface area contributed by atoms with E-state index in [1.807, 2.05) is 6.92 Å². The van der Waals surface area contributed by atoms with Crippen LogP contribution in [0.3, 0.4) is 0 Å². The predicted octanol–water partition coefficient (Wildman–Crippen LogP) is 1.89. The van der Waals surface area contributed by atoms with E-state index >= 15 is 0 Å². The Hall–Kier alpha value is -0.980. The largest absolute Gasteiger partial charge is 0.399 e. The highest BCUT2D eigenvalue weighted by Crippen LogP contribution is 2.10. The lowest BCUT2D eigenvalue weighted by molar-refractivity contribution is 1.40. The van der Waals surface area contributed by atoms with E-state index in [1.165, 1.54) is 6.07 Å². The van der Waals surface area contributed by atoms with Crippen LogP contribution in [0, 0.1) is 13.8 Å². The molecule has 0 atom stereocenters. The lowest BCUT2D eigenvalue weighted by Crippen LogP contribution is -1.88. The summed E-state index contributed by atoms with van der Waals surface area (Å²) in [6, 6.07) is 4.80. The molecule has 0 saturated heterocycles. The second kappa shape index (κ2) is 2.09. The quantitative estimate of drug-likeness (QED) is 0.525. The van der Waals surface area contributed by atoms with Crippen molar-refractivity contribution in [1.82, 2.24) is 0 Å². The molecular weight excluding hydrogens is 110 g/mol. The highest BCUT2D eigenvalue weighted by Gasteiger charge is 1.89. The fourth-order valence-electron chi connectivity index (χ4n) is 0.640. The zero-order valence-electron chi connectivity index (χ0n) is 8.31. The number of rotatable bonds is 0. The summed E-state index contributed by atoms with van der Waals surface area (Å²) in [7, 11) is 0. The van der Waals surface area contributed by atoms with E-state index in [4.69, 9.17) is 9.85 Å². The van der Waals surface area contributed by atoms with Crippen LogP contribution in [0.15, 0.2) is 18.2 Å². The van der Waals surface area contributed by atoms with E-state index < -0.39 is 6.85 Å². The summed E-state index contributed by atoms with van der Waals surface area (Å²) in [6.07, 6.45) is 0. The van der Waals surface area contributed by atoms with E-state index in [9.17, 15) is 0 Å². The number of aryl methyl sites for hydroxylation is 2. The van der Waals surface area contributed by atoms with Gasteiger partial charge in [0, 0.05) is 9.80 Å². The van der Waals surface area contributed by atoms with Crippen LogP contribution in [0.5, 0.6) is 0 Å². The number of hydrogen-bond donors (Lipinski definition) is 1. The lowest BCUT2D eigenvalue weighted by atomic mass is 10.1. The molecule has 0 aliphatic rings. The molecular formula is C8H11N. The molecule has 0 bridgehead atoms. The van der Waals surface area contributed by atoms with Gasteiger partial charge in [0.2, 0.25) is 0 Å². The minimum absolute atomic E-state index is 0.297. The molecule has 0 spiro atoms. The fourth-order valence-corrected chi connectivity index (χ4v) is 0.640. The first-order valence-corrected chi connectivity index (χ1v) is 2.78. The first-order chi connectivity index (χ1) is 5.41. The van der Waals surface area contributed by atoms with Crippen molar-refractivity contribution in [3.05, 3.63) is 29.3 Å². The molecule has 0 amide bonds. The number of benzene rings is 1. The van der Waals surface area contributed by atoms with Crippen LogP contribution in [0.4, 0.5) is 5.69 Å². The molecule has 0 aliphatic carbocycles. The first-order valence-electron chi connectivity index (χ1n) is 4.28. The Bertz CT molecular complexity index is 291. The molecule has 0 aromatic heterocycles. The molecule has 0 aliphatic heterocycles. The van der Waals surface area contributed by atoms with Gasteiger partial charge in [-0.3, -0.25) is 0 Å². The Balaban J connectivity index is 3.14. The maximum atomic E-state index is 7.12. The van der Waals surface area contributed by atoms with Gasteiger partial charge in [0.05, 0.1) is 0 Å². The Labute approximate surface area is 59.7 Å². The van der Waals surface area contributed by atoms with Crippen LogP contribution in [-0.2, 0) is 0 Å². The van der Waals surface area contributed by atoms with Gasteiger partial charge in [0.1, 0.15) is 0 Å². The highest BCUT2D eigenvalue weighted by atomic mass is 14.5. The van der Waals surface area contributed by atoms with Gasteiger partial charge in [-0.1, -0.05) is 12.1 Å². The molecule has 0 unspecified atom stereocenters. The van der Waals surface area contributed by atoms with Crippen molar-refractivity contribution in [2.24, 2.45) is 0 Å². The average molecular weight is 124 g/mol. The molecule has 1 rings (SSSR count). The predicted molar refractivity (Wildman–Crippen MR) is 40.3 cm³/mol. The third kappa shape index (κ3) is 1.22. The van der Waals surface area contributed by atoms with Crippen molar-refractivity contribution in [3.8, 4) is 0 Å². The first kappa shape index (κ1) is 3.25. The van der Waals surface area contributed by atoms with Crippen LogP contribution in [-0.4, -0.2) is 0 Å². The Morgan fingerprint density at radius 3 is 2.89 bits per heavy atom. The molecule has 1 aromatic rings. The number of nitrogens with two attached hydrogens (primary N) is 1. The van der Waals surface area contributed by atoms with Crippen molar-refractivity contribution in [1.29, 1.82) is 0 Å². The summed E-state index contributed by atoms with van der Waals surface area (Å²) in [5, 5.41) is 0. The minimum Gasteiger partial charge on any atom is -0.399 e.